The summed E-state index contributed by atoms with van der Waals surface area (Å²) >= 11 is 0. The molecule has 1 rings (SSSR count). The average molecular weight is 219 g/mol. The number of rotatable bonds is 7. The van der Waals surface area contributed by atoms with E-state index in [1.54, 1.807) is 0 Å². The molecule has 0 aromatic heterocycles. The van der Waals surface area contributed by atoms with Crippen LogP contribution in [0.2, 0.25) is 0 Å². The van der Waals surface area contributed by atoms with Gasteiger partial charge in [-0.2, -0.15) is 0 Å². The molecule has 0 saturated heterocycles. The van der Waals surface area contributed by atoms with E-state index in [9.17, 15) is 0 Å². The summed E-state index contributed by atoms with van der Waals surface area (Å²) in [5, 5.41) is 3.22. The molecule has 2 nitrogen and oxygen atoms in total. The Balaban J connectivity index is 2.23. The summed E-state index contributed by atoms with van der Waals surface area (Å²) in [6.45, 7) is 6.80. The zero-order valence-corrected chi connectivity index (χ0v) is 10.2. The minimum Gasteiger partial charge on any atom is -0.490 e. The quantitative estimate of drug-likeness (QED) is 0.562. The molecule has 0 aliphatic carbocycles. The lowest BCUT2D eigenvalue weighted by molar-refractivity contribution is 0.362. The first-order valence-electron chi connectivity index (χ1n) is 5.94. The van der Waals surface area contributed by atoms with Crippen molar-refractivity contribution in [2.24, 2.45) is 0 Å². The van der Waals surface area contributed by atoms with E-state index in [4.69, 9.17) is 4.74 Å². The van der Waals surface area contributed by atoms with Crippen molar-refractivity contribution in [1.82, 2.24) is 5.32 Å². The largest absolute Gasteiger partial charge is 0.490 e. The summed E-state index contributed by atoms with van der Waals surface area (Å²) in [5.74, 6) is 0.935. The number of aryl methyl sites for hydroxylation is 1. The normalized spacial score (nSPS) is 10.9. The summed E-state index contributed by atoms with van der Waals surface area (Å²) in [7, 11) is 0. The van der Waals surface area contributed by atoms with E-state index < -0.39 is 0 Å². The number of benzene rings is 1. The minimum absolute atomic E-state index is 0.636. The van der Waals surface area contributed by atoms with Crippen LogP contribution in [0.1, 0.15) is 19.4 Å². The molecule has 0 aliphatic heterocycles. The second-order valence-corrected chi connectivity index (χ2v) is 3.59. The zero-order chi connectivity index (χ0) is 11.6. The predicted molar refractivity (Wildman–Crippen MR) is 69.0 cm³/mol. The van der Waals surface area contributed by atoms with Crippen LogP contribution in [-0.4, -0.2) is 19.7 Å². The van der Waals surface area contributed by atoms with E-state index in [-0.39, 0.29) is 0 Å². The molecule has 0 aliphatic rings. The standard InChI is InChI=1S/C14H21NO/c1-3-13-7-9-14(10-8-13)16-12-6-5-11-15-4-2/h5-10,15H,3-4,11-12H2,1-2H3. The SMILES string of the molecule is CCNCC=CCOc1ccc(CC)cc1. The van der Waals surface area contributed by atoms with Crippen LogP contribution >= 0.6 is 0 Å². The molecule has 1 aromatic rings. The molecule has 0 heterocycles. The van der Waals surface area contributed by atoms with Gasteiger partial charge in [-0.05, 0) is 30.7 Å². The van der Waals surface area contributed by atoms with E-state index in [0.29, 0.717) is 6.61 Å². The molecule has 88 valence electrons. The van der Waals surface area contributed by atoms with Gasteiger partial charge in [0.25, 0.3) is 0 Å². The highest BCUT2D eigenvalue weighted by atomic mass is 16.5. The maximum Gasteiger partial charge on any atom is 0.119 e. The molecule has 0 radical (unpaired) electrons. The van der Waals surface area contributed by atoms with Crippen LogP contribution < -0.4 is 10.1 Å². The molecule has 2 heteroatoms. The van der Waals surface area contributed by atoms with Crippen molar-refractivity contribution < 1.29 is 4.74 Å². The first kappa shape index (κ1) is 12.8. The first-order chi connectivity index (χ1) is 7.86. The van der Waals surface area contributed by atoms with Gasteiger partial charge in [0, 0.05) is 6.54 Å². The second kappa shape index (κ2) is 7.94. The molecular weight excluding hydrogens is 198 g/mol. The minimum atomic E-state index is 0.636. The van der Waals surface area contributed by atoms with Crippen molar-refractivity contribution in [3.63, 3.8) is 0 Å². The van der Waals surface area contributed by atoms with Crippen LogP contribution in [-0.2, 0) is 6.42 Å². The molecular formula is C14H21NO. The third-order valence-electron chi connectivity index (χ3n) is 2.36. The lowest BCUT2D eigenvalue weighted by atomic mass is 10.2. The third kappa shape index (κ3) is 4.99. The van der Waals surface area contributed by atoms with Crippen molar-refractivity contribution in [2.45, 2.75) is 20.3 Å². The lowest BCUT2D eigenvalue weighted by Gasteiger charge is -2.03. The molecule has 1 N–H and O–H groups in total. The molecule has 0 bridgehead atoms. The van der Waals surface area contributed by atoms with Crippen LogP contribution in [0.4, 0.5) is 0 Å². The van der Waals surface area contributed by atoms with Crippen LogP contribution in [0, 0.1) is 0 Å². The van der Waals surface area contributed by atoms with Gasteiger partial charge in [-0.25, -0.2) is 0 Å². The Morgan fingerprint density at radius 2 is 1.88 bits per heavy atom. The van der Waals surface area contributed by atoms with Gasteiger partial charge in [0.1, 0.15) is 12.4 Å². The van der Waals surface area contributed by atoms with Crippen LogP contribution in [0.5, 0.6) is 5.75 Å². The summed E-state index contributed by atoms with van der Waals surface area (Å²) in [6, 6.07) is 8.27. The lowest BCUT2D eigenvalue weighted by Crippen LogP contribution is -2.11. The molecule has 0 unspecified atom stereocenters. The van der Waals surface area contributed by atoms with Gasteiger partial charge >= 0.3 is 0 Å². The van der Waals surface area contributed by atoms with Gasteiger partial charge in [-0.15, -0.1) is 0 Å². The highest BCUT2D eigenvalue weighted by Crippen LogP contribution is 2.12. The average Bonchev–Trinajstić information content (AvgIpc) is 2.34. The molecule has 0 amide bonds. The van der Waals surface area contributed by atoms with Gasteiger partial charge in [-0.3, -0.25) is 0 Å². The highest BCUT2D eigenvalue weighted by Gasteiger charge is 1.91. The maximum absolute atomic E-state index is 5.57. The van der Waals surface area contributed by atoms with E-state index in [1.165, 1.54) is 5.56 Å². The van der Waals surface area contributed by atoms with Gasteiger partial charge in [-0.1, -0.05) is 38.1 Å². The van der Waals surface area contributed by atoms with E-state index in [1.807, 2.05) is 18.2 Å². The Hall–Kier alpha value is -1.28. The summed E-state index contributed by atoms with van der Waals surface area (Å²) in [6.07, 6.45) is 5.20. The Bertz CT molecular complexity index is 303. The molecule has 0 atom stereocenters. The van der Waals surface area contributed by atoms with Crippen molar-refractivity contribution in [1.29, 1.82) is 0 Å². The Kier molecular flexibility index (Phi) is 6.35. The van der Waals surface area contributed by atoms with E-state index in [0.717, 1.165) is 25.3 Å². The Morgan fingerprint density at radius 1 is 1.12 bits per heavy atom. The number of hydrogen-bond donors (Lipinski definition) is 1. The smallest absolute Gasteiger partial charge is 0.119 e. The van der Waals surface area contributed by atoms with Crippen molar-refractivity contribution in [2.75, 3.05) is 19.7 Å². The summed E-state index contributed by atoms with van der Waals surface area (Å²) in [4.78, 5) is 0. The topological polar surface area (TPSA) is 21.3 Å². The van der Waals surface area contributed by atoms with Crippen LogP contribution in [0.3, 0.4) is 0 Å². The summed E-state index contributed by atoms with van der Waals surface area (Å²) in [5.41, 5.74) is 1.34. The molecule has 0 saturated carbocycles. The first-order valence-corrected chi connectivity index (χ1v) is 5.94. The van der Waals surface area contributed by atoms with Crippen molar-refractivity contribution in [3.8, 4) is 5.75 Å². The molecule has 16 heavy (non-hydrogen) atoms. The number of nitrogens with one attached hydrogen (secondary N) is 1. The summed E-state index contributed by atoms with van der Waals surface area (Å²) < 4.78 is 5.57. The van der Waals surface area contributed by atoms with Gasteiger partial charge < -0.3 is 10.1 Å². The highest BCUT2D eigenvalue weighted by molar-refractivity contribution is 5.27. The fourth-order valence-electron chi connectivity index (χ4n) is 1.34. The van der Waals surface area contributed by atoms with E-state index in [2.05, 4.69) is 37.4 Å². The molecule has 0 spiro atoms. The Labute approximate surface area is 98.3 Å². The van der Waals surface area contributed by atoms with Crippen LogP contribution in [0.25, 0.3) is 0 Å². The fourth-order valence-corrected chi connectivity index (χ4v) is 1.34. The maximum atomic E-state index is 5.57. The fraction of sp³-hybridized carbons (Fsp3) is 0.429. The molecule has 0 fully saturated rings. The number of likely N-dealkylation sites (N-methyl/N-ethyl adjacent to an activating group) is 1. The van der Waals surface area contributed by atoms with Gasteiger partial charge in [0.05, 0.1) is 0 Å². The van der Waals surface area contributed by atoms with Gasteiger partial charge in [0.15, 0.2) is 0 Å². The van der Waals surface area contributed by atoms with Crippen LogP contribution in [0.15, 0.2) is 36.4 Å². The van der Waals surface area contributed by atoms with E-state index >= 15 is 0 Å². The second-order valence-electron chi connectivity index (χ2n) is 3.59. The van der Waals surface area contributed by atoms with Crippen molar-refractivity contribution in [3.05, 3.63) is 42.0 Å². The monoisotopic (exact) mass is 219 g/mol. The molecule has 1 aromatic carbocycles. The van der Waals surface area contributed by atoms with Gasteiger partial charge in [0.2, 0.25) is 0 Å². The predicted octanol–water partition coefficient (Wildman–Crippen LogP) is 2.79. The number of ether oxygens (including phenoxy) is 1. The van der Waals surface area contributed by atoms with Crippen molar-refractivity contribution >= 4 is 0 Å². The zero-order valence-electron chi connectivity index (χ0n) is 10.2. The number of hydrogen-bond acceptors (Lipinski definition) is 2. The third-order valence-corrected chi connectivity index (χ3v) is 2.36. The Morgan fingerprint density at radius 3 is 2.50 bits per heavy atom.